The van der Waals surface area contributed by atoms with E-state index < -0.39 is 17.5 Å². The second-order valence-electron chi connectivity index (χ2n) is 5.73. The maximum atomic E-state index is 14.3. The number of carbonyl (C=O) groups is 1. The van der Waals surface area contributed by atoms with E-state index in [1.807, 2.05) is 6.92 Å². The SMILES string of the molecule is CCCn1c(=NC(=O)c2cccc(OC)c2OC)sc2cc(F)cc(F)c21. The molecule has 1 aromatic heterocycles. The van der Waals surface area contributed by atoms with Crippen molar-refractivity contribution in [2.75, 3.05) is 14.2 Å². The van der Waals surface area contributed by atoms with E-state index in [0.717, 1.165) is 17.4 Å². The first-order valence-corrected chi connectivity index (χ1v) is 9.10. The summed E-state index contributed by atoms with van der Waals surface area (Å²) in [4.78, 5) is 17.2. The number of hydrogen-bond acceptors (Lipinski definition) is 4. The van der Waals surface area contributed by atoms with Gasteiger partial charge in [-0.05, 0) is 24.6 Å². The van der Waals surface area contributed by atoms with Crippen LogP contribution in [0, 0.1) is 11.6 Å². The van der Waals surface area contributed by atoms with E-state index in [2.05, 4.69) is 4.99 Å². The number of thiazole rings is 1. The highest BCUT2D eigenvalue weighted by atomic mass is 32.1. The summed E-state index contributed by atoms with van der Waals surface area (Å²) in [5, 5.41) is 0. The number of methoxy groups -OCH3 is 2. The molecule has 0 aliphatic rings. The molecule has 0 fully saturated rings. The molecule has 0 saturated carbocycles. The van der Waals surface area contributed by atoms with Crippen LogP contribution in [0.4, 0.5) is 8.78 Å². The molecule has 3 rings (SSSR count). The molecule has 0 aliphatic heterocycles. The third-order valence-corrected chi connectivity index (χ3v) is 5.00. The van der Waals surface area contributed by atoms with E-state index in [4.69, 9.17) is 9.47 Å². The van der Waals surface area contributed by atoms with Crippen molar-refractivity contribution in [2.24, 2.45) is 4.99 Å². The molecule has 0 spiro atoms. The second-order valence-corrected chi connectivity index (χ2v) is 6.74. The van der Waals surface area contributed by atoms with Gasteiger partial charge in [-0.25, -0.2) is 8.78 Å². The zero-order chi connectivity index (χ0) is 19.6. The Balaban J connectivity index is 2.20. The van der Waals surface area contributed by atoms with Gasteiger partial charge in [-0.2, -0.15) is 4.99 Å². The average Bonchev–Trinajstić information content (AvgIpc) is 2.98. The standard InChI is InChI=1S/C19H18F2N2O3S/c1-4-8-23-16-13(21)9-11(20)10-15(16)27-19(23)22-18(24)12-6-5-7-14(25-2)17(12)26-3/h5-7,9-10H,4,8H2,1-3H3. The van der Waals surface area contributed by atoms with Crippen molar-refractivity contribution in [1.29, 1.82) is 0 Å². The molecular formula is C19H18F2N2O3S. The molecular weight excluding hydrogens is 374 g/mol. The molecule has 0 atom stereocenters. The quantitative estimate of drug-likeness (QED) is 0.656. The van der Waals surface area contributed by atoms with E-state index in [0.29, 0.717) is 28.2 Å². The highest BCUT2D eigenvalue weighted by Gasteiger charge is 2.18. The number of benzene rings is 2. The third kappa shape index (κ3) is 3.57. The zero-order valence-corrected chi connectivity index (χ0v) is 15.9. The van der Waals surface area contributed by atoms with Gasteiger partial charge in [-0.1, -0.05) is 24.3 Å². The molecule has 2 aromatic carbocycles. The number of ether oxygens (including phenoxy) is 2. The maximum absolute atomic E-state index is 14.3. The number of rotatable bonds is 5. The first kappa shape index (κ1) is 19.0. The third-order valence-electron chi connectivity index (χ3n) is 3.97. The van der Waals surface area contributed by atoms with Crippen molar-refractivity contribution in [3.63, 3.8) is 0 Å². The number of fused-ring (bicyclic) bond motifs is 1. The number of carbonyl (C=O) groups excluding carboxylic acids is 1. The lowest BCUT2D eigenvalue weighted by Crippen LogP contribution is -2.17. The summed E-state index contributed by atoms with van der Waals surface area (Å²) in [6, 6.07) is 6.97. The van der Waals surface area contributed by atoms with Gasteiger partial charge in [-0.15, -0.1) is 0 Å². The zero-order valence-electron chi connectivity index (χ0n) is 15.1. The van der Waals surface area contributed by atoms with Crippen LogP contribution in [0.3, 0.4) is 0 Å². The lowest BCUT2D eigenvalue weighted by molar-refractivity contribution is 0.0994. The van der Waals surface area contributed by atoms with Crippen LogP contribution in [0.5, 0.6) is 11.5 Å². The molecule has 142 valence electrons. The molecule has 27 heavy (non-hydrogen) atoms. The lowest BCUT2D eigenvalue weighted by Gasteiger charge is -2.10. The number of amides is 1. The first-order valence-electron chi connectivity index (χ1n) is 8.28. The summed E-state index contributed by atoms with van der Waals surface area (Å²) in [6.07, 6.45) is 0.701. The van der Waals surface area contributed by atoms with Crippen LogP contribution in [0.1, 0.15) is 23.7 Å². The molecule has 8 heteroatoms. The van der Waals surface area contributed by atoms with Crippen molar-refractivity contribution in [3.8, 4) is 11.5 Å². The largest absolute Gasteiger partial charge is 0.493 e. The molecule has 3 aromatic rings. The minimum atomic E-state index is -0.678. The number of aromatic nitrogens is 1. The molecule has 0 radical (unpaired) electrons. The van der Waals surface area contributed by atoms with Crippen LogP contribution in [0.2, 0.25) is 0 Å². The van der Waals surface area contributed by atoms with Crippen LogP contribution in [-0.2, 0) is 6.54 Å². The minimum Gasteiger partial charge on any atom is -0.493 e. The average molecular weight is 392 g/mol. The molecule has 5 nitrogen and oxygen atoms in total. The number of hydrogen-bond donors (Lipinski definition) is 0. The van der Waals surface area contributed by atoms with Gasteiger partial charge in [0.25, 0.3) is 5.91 Å². The van der Waals surface area contributed by atoms with Crippen molar-refractivity contribution < 1.29 is 23.0 Å². The summed E-state index contributed by atoms with van der Waals surface area (Å²) in [5.41, 5.74) is 0.469. The Morgan fingerprint density at radius 3 is 2.67 bits per heavy atom. The van der Waals surface area contributed by atoms with E-state index >= 15 is 0 Å². The Labute approximate surface area is 158 Å². The number of halogens is 2. The van der Waals surface area contributed by atoms with Crippen LogP contribution in [-0.4, -0.2) is 24.7 Å². The summed E-state index contributed by atoms with van der Waals surface area (Å²) in [7, 11) is 2.91. The Bertz CT molecular complexity index is 1070. The molecule has 1 amide bonds. The van der Waals surface area contributed by atoms with Gasteiger partial charge < -0.3 is 14.0 Å². The summed E-state index contributed by atoms with van der Waals surface area (Å²) < 4.78 is 40.3. The molecule has 0 bridgehead atoms. The van der Waals surface area contributed by atoms with Crippen molar-refractivity contribution >= 4 is 27.5 Å². The van der Waals surface area contributed by atoms with Gasteiger partial charge >= 0.3 is 0 Å². The summed E-state index contributed by atoms with van der Waals surface area (Å²) in [5.74, 6) is -1.22. The predicted octanol–water partition coefficient (Wildman–Crippen LogP) is 4.15. The van der Waals surface area contributed by atoms with E-state index in [1.165, 1.54) is 20.3 Å². The molecule has 0 N–H and O–H groups in total. The maximum Gasteiger partial charge on any atom is 0.283 e. The highest BCUT2D eigenvalue weighted by molar-refractivity contribution is 7.16. The Morgan fingerprint density at radius 2 is 2.00 bits per heavy atom. The monoisotopic (exact) mass is 392 g/mol. The second kappa shape index (κ2) is 7.87. The van der Waals surface area contributed by atoms with Crippen LogP contribution in [0.25, 0.3) is 10.2 Å². The van der Waals surface area contributed by atoms with Gasteiger partial charge in [0.2, 0.25) is 0 Å². The fourth-order valence-electron chi connectivity index (χ4n) is 2.85. The van der Waals surface area contributed by atoms with E-state index in [1.54, 1.807) is 22.8 Å². The molecule has 0 unspecified atom stereocenters. The van der Waals surface area contributed by atoms with Crippen molar-refractivity contribution in [1.82, 2.24) is 4.57 Å². The lowest BCUT2D eigenvalue weighted by atomic mass is 10.2. The summed E-state index contributed by atoms with van der Waals surface area (Å²) in [6.45, 7) is 2.37. The first-order chi connectivity index (χ1) is 13.0. The smallest absolute Gasteiger partial charge is 0.283 e. The Morgan fingerprint density at radius 1 is 1.22 bits per heavy atom. The molecule has 0 saturated heterocycles. The number of aryl methyl sites for hydroxylation is 1. The fourth-order valence-corrected chi connectivity index (χ4v) is 3.94. The van der Waals surface area contributed by atoms with Gasteiger partial charge in [-0.3, -0.25) is 4.79 Å². The fraction of sp³-hybridized carbons (Fsp3) is 0.263. The normalized spacial score (nSPS) is 11.8. The minimum absolute atomic E-state index is 0.226. The van der Waals surface area contributed by atoms with Crippen LogP contribution in [0.15, 0.2) is 35.3 Å². The Hall–Kier alpha value is -2.74. The molecule has 0 aliphatic carbocycles. The van der Waals surface area contributed by atoms with Crippen LogP contribution < -0.4 is 14.3 Å². The predicted molar refractivity (Wildman–Crippen MR) is 99.5 cm³/mol. The van der Waals surface area contributed by atoms with Crippen molar-refractivity contribution in [2.45, 2.75) is 19.9 Å². The highest BCUT2D eigenvalue weighted by Crippen LogP contribution is 2.31. The number of nitrogens with zero attached hydrogens (tertiary/aromatic N) is 2. The van der Waals surface area contributed by atoms with Gasteiger partial charge in [0, 0.05) is 12.6 Å². The number of para-hydroxylation sites is 1. The Kier molecular flexibility index (Phi) is 5.55. The van der Waals surface area contributed by atoms with Crippen LogP contribution >= 0.6 is 11.3 Å². The van der Waals surface area contributed by atoms with E-state index in [-0.39, 0.29) is 16.8 Å². The van der Waals surface area contributed by atoms with Gasteiger partial charge in [0.15, 0.2) is 22.1 Å². The van der Waals surface area contributed by atoms with E-state index in [9.17, 15) is 13.6 Å². The van der Waals surface area contributed by atoms with Gasteiger partial charge in [0.1, 0.15) is 5.82 Å². The topological polar surface area (TPSA) is 52.8 Å². The van der Waals surface area contributed by atoms with Crippen molar-refractivity contribution in [3.05, 3.63) is 52.3 Å². The summed E-state index contributed by atoms with van der Waals surface area (Å²) >= 11 is 1.06. The van der Waals surface area contributed by atoms with Gasteiger partial charge in [0.05, 0.1) is 30.0 Å². The molecule has 1 heterocycles.